The second-order valence-corrected chi connectivity index (χ2v) is 3.27. The highest BCUT2D eigenvalue weighted by molar-refractivity contribution is 5.75. The van der Waals surface area contributed by atoms with E-state index in [1.807, 2.05) is 13.8 Å². The van der Waals surface area contributed by atoms with E-state index in [-0.39, 0.29) is 6.03 Å². The Bertz CT molecular complexity index is 260. The first-order chi connectivity index (χ1) is 7.56. The van der Waals surface area contributed by atoms with E-state index in [0.29, 0.717) is 19.7 Å². The van der Waals surface area contributed by atoms with Gasteiger partial charge in [-0.25, -0.2) is 9.59 Å². The molecule has 3 N–H and O–H groups in total. The smallest absolute Gasteiger partial charge is 0.407 e. The molecule has 92 valence electrons. The summed E-state index contributed by atoms with van der Waals surface area (Å²) in [7, 11) is 0. The van der Waals surface area contributed by atoms with Crippen LogP contribution in [-0.2, 0) is 4.74 Å². The summed E-state index contributed by atoms with van der Waals surface area (Å²) in [5.41, 5.74) is 1.000. The lowest BCUT2D eigenvalue weighted by molar-refractivity contribution is 0.152. The topological polar surface area (TPSA) is 79.5 Å². The average Bonchev–Trinajstić information content (AvgIpc) is 2.22. The van der Waals surface area contributed by atoms with E-state index in [1.54, 1.807) is 13.1 Å². The summed E-state index contributed by atoms with van der Waals surface area (Å²) >= 11 is 0. The van der Waals surface area contributed by atoms with Crippen LogP contribution in [0.5, 0.6) is 0 Å². The van der Waals surface area contributed by atoms with Crippen LogP contribution < -0.4 is 16.0 Å². The van der Waals surface area contributed by atoms with Gasteiger partial charge in [0.1, 0.15) is 0 Å². The summed E-state index contributed by atoms with van der Waals surface area (Å²) < 4.78 is 4.64. The third-order valence-electron chi connectivity index (χ3n) is 1.45. The summed E-state index contributed by atoms with van der Waals surface area (Å²) in [6.45, 7) is 6.50. The molecule has 0 aromatic heterocycles. The van der Waals surface area contributed by atoms with Crippen LogP contribution >= 0.6 is 0 Å². The Hall–Kier alpha value is -1.72. The van der Waals surface area contributed by atoms with Crippen molar-refractivity contribution in [2.75, 3.05) is 19.7 Å². The maximum Gasteiger partial charge on any atom is 0.407 e. The molecule has 0 aliphatic rings. The second kappa shape index (κ2) is 8.58. The molecule has 0 radical (unpaired) electrons. The quantitative estimate of drug-likeness (QED) is 0.614. The van der Waals surface area contributed by atoms with Crippen molar-refractivity contribution in [3.63, 3.8) is 0 Å². The van der Waals surface area contributed by atoms with Crippen molar-refractivity contribution in [3.05, 3.63) is 11.8 Å². The molecule has 0 saturated carbocycles. The van der Waals surface area contributed by atoms with Crippen molar-refractivity contribution >= 4 is 12.1 Å². The van der Waals surface area contributed by atoms with Crippen molar-refractivity contribution in [2.24, 2.45) is 0 Å². The number of ether oxygens (including phenoxy) is 1. The molecule has 16 heavy (non-hydrogen) atoms. The summed E-state index contributed by atoms with van der Waals surface area (Å²) in [5.74, 6) is 0. The van der Waals surface area contributed by atoms with E-state index in [1.165, 1.54) is 0 Å². The first-order valence-electron chi connectivity index (χ1n) is 5.14. The van der Waals surface area contributed by atoms with E-state index in [9.17, 15) is 9.59 Å². The van der Waals surface area contributed by atoms with Gasteiger partial charge in [-0.05, 0) is 20.8 Å². The molecule has 0 rings (SSSR count). The van der Waals surface area contributed by atoms with Crippen LogP contribution in [0.25, 0.3) is 0 Å². The average molecular weight is 229 g/mol. The molecule has 6 nitrogen and oxygen atoms in total. The first-order valence-corrected chi connectivity index (χ1v) is 5.14. The zero-order valence-corrected chi connectivity index (χ0v) is 9.92. The zero-order valence-electron chi connectivity index (χ0n) is 9.92. The lowest BCUT2D eigenvalue weighted by Gasteiger charge is -2.06. The number of nitrogens with one attached hydrogen (secondary N) is 3. The number of hydrogen-bond acceptors (Lipinski definition) is 3. The highest BCUT2D eigenvalue weighted by Gasteiger charge is 1.99. The van der Waals surface area contributed by atoms with E-state index in [0.717, 1.165) is 5.57 Å². The molecular formula is C10H19N3O3. The summed E-state index contributed by atoms with van der Waals surface area (Å²) in [6.07, 6.45) is 1.13. The van der Waals surface area contributed by atoms with Crippen molar-refractivity contribution in [3.8, 4) is 0 Å². The molecular weight excluding hydrogens is 210 g/mol. The van der Waals surface area contributed by atoms with Crippen molar-refractivity contribution in [2.45, 2.75) is 20.8 Å². The maximum absolute atomic E-state index is 11.1. The Kier molecular flexibility index (Phi) is 7.66. The molecule has 0 fully saturated rings. The first kappa shape index (κ1) is 14.3. The number of urea groups is 1. The largest absolute Gasteiger partial charge is 0.450 e. The SMILES string of the molecule is CCOC(=O)NCCNC(=O)NC=C(C)C. The minimum absolute atomic E-state index is 0.299. The van der Waals surface area contributed by atoms with Gasteiger partial charge in [-0.2, -0.15) is 0 Å². The van der Waals surface area contributed by atoms with Gasteiger partial charge in [0, 0.05) is 19.3 Å². The van der Waals surface area contributed by atoms with Crippen LogP contribution in [0.15, 0.2) is 11.8 Å². The van der Waals surface area contributed by atoms with E-state index in [4.69, 9.17) is 0 Å². The van der Waals surface area contributed by atoms with E-state index in [2.05, 4.69) is 20.7 Å². The minimum atomic E-state index is -0.478. The Labute approximate surface area is 95.4 Å². The monoisotopic (exact) mass is 229 g/mol. The zero-order chi connectivity index (χ0) is 12.4. The predicted octanol–water partition coefficient (Wildman–Crippen LogP) is 0.955. The molecule has 0 aromatic rings. The van der Waals surface area contributed by atoms with Crippen LogP contribution in [-0.4, -0.2) is 31.8 Å². The minimum Gasteiger partial charge on any atom is -0.450 e. The molecule has 0 saturated heterocycles. The molecule has 0 heterocycles. The van der Waals surface area contributed by atoms with Gasteiger partial charge in [0.25, 0.3) is 0 Å². The number of hydrogen-bond donors (Lipinski definition) is 3. The maximum atomic E-state index is 11.1. The van der Waals surface area contributed by atoms with Crippen molar-refractivity contribution in [1.29, 1.82) is 0 Å². The standard InChI is InChI=1S/C10H19N3O3/c1-4-16-10(15)12-6-5-11-9(14)13-7-8(2)3/h7H,4-6H2,1-3H3,(H,12,15)(H2,11,13,14). The van der Waals surface area contributed by atoms with Gasteiger partial charge in [0.05, 0.1) is 6.61 Å². The molecule has 6 heteroatoms. The number of allylic oxidation sites excluding steroid dienone is 1. The molecule has 0 bridgehead atoms. The summed E-state index contributed by atoms with van der Waals surface area (Å²) in [6, 6.07) is -0.299. The third-order valence-corrected chi connectivity index (χ3v) is 1.45. The van der Waals surface area contributed by atoms with Crippen LogP contribution in [0.4, 0.5) is 9.59 Å². The van der Waals surface area contributed by atoms with Crippen LogP contribution in [0, 0.1) is 0 Å². The van der Waals surface area contributed by atoms with E-state index >= 15 is 0 Å². The Morgan fingerprint density at radius 3 is 2.38 bits per heavy atom. The summed E-state index contributed by atoms with van der Waals surface area (Å²) in [5, 5.41) is 7.59. The lowest BCUT2D eigenvalue weighted by atomic mass is 10.4. The fourth-order valence-electron chi connectivity index (χ4n) is 0.784. The predicted molar refractivity (Wildman–Crippen MR) is 61.0 cm³/mol. The third kappa shape index (κ3) is 8.86. The van der Waals surface area contributed by atoms with Crippen molar-refractivity contribution < 1.29 is 14.3 Å². The van der Waals surface area contributed by atoms with Crippen molar-refractivity contribution in [1.82, 2.24) is 16.0 Å². The van der Waals surface area contributed by atoms with Gasteiger partial charge >= 0.3 is 12.1 Å². The van der Waals surface area contributed by atoms with Gasteiger partial charge in [0.2, 0.25) is 0 Å². The fraction of sp³-hybridized carbons (Fsp3) is 0.600. The molecule has 0 unspecified atom stereocenters. The number of carbonyl (C=O) groups is 2. The highest BCUT2D eigenvalue weighted by Crippen LogP contribution is 1.83. The Morgan fingerprint density at radius 2 is 1.81 bits per heavy atom. The van der Waals surface area contributed by atoms with Gasteiger partial charge in [-0.15, -0.1) is 0 Å². The highest BCUT2D eigenvalue weighted by atomic mass is 16.5. The molecule has 3 amide bonds. The number of carbonyl (C=O) groups excluding carboxylic acids is 2. The number of amides is 3. The normalized spacial score (nSPS) is 8.94. The van der Waals surface area contributed by atoms with Gasteiger partial charge < -0.3 is 20.7 Å². The van der Waals surface area contributed by atoms with E-state index < -0.39 is 6.09 Å². The Balaban J connectivity index is 3.48. The van der Waals surface area contributed by atoms with Gasteiger partial charge in [-0.1, -0.05) is 5.57 Å². The molecule has 0 aliphatic heterocycles. The number of alkyl carbamates (subject to hydrolysis) is 1. The fourth-order valence-corrected chi connectivity index (χ4v) is 0.784. The number of rotatable bonds is 5. The lowest BCUT2D eigenvalue weighted by Crippen LogP contribution is -2.38. The Morgan fingerprint density at radius 1 is 1.19 bits per heavy atom. The van der Waals surface area contributed by atoms with Gasteiger partial charge in [0.15, 0.2) is 0 Å². The molecule has 0 atom stereocenters. The molecule has 0 aliphatic carbocycles. The van der Waals surface area contributed by atoms with Crippen LogP contribution in [0.1, 0.15) is 20.8 Å². The second-order valence-electron chi connectivity index (χ2n) is 3.27. The van der Waals surface area contributed by atoms with Crippen LogP contribution in [0.3, 0.4) is 0 Å². The molecule has 0 spiro atoms. The molecule has 0 aromatic carbocycles. The van der Waals surface area contributed by atoms with Gasteiger partial charge in [-0.3, -0.25) is 0 Å². The summed E-state index contributed by atoms with van der Waals surface area (Å²) in [4.78, 5) is 21.9. The van der Waals surface area contributed by atoms with Crippen LogP contribution in [0.2, 0.25) is 0 Å².